The van der Waals surface area contributed by atoms with E-state index in [9.17, 15) is 13.2 Å². The zero-order valence-electron chi connectivity index (χ0n) is 16.2. The van der Waals surface area contributed by atoms with Crippen molar-refractivity contribution < 1.29 is 13.2 Å². The molecule has 0 radical (unpaired) electrons. The Hall–Kier alpha value is -3.14. The number of hydrogen-bond acceptors (Lipinski definition) is 4. The van der Waals surface area contributed by atoms with E-state index in [1.165, 1.54) is 12.1 Å². The van der Waals surface area contributed by atoms with E-state index in [1.54, 1.807) is 30.5 Å². The molecule has 0 saturated heterocycles. The maximum absolute atomic E-state index is 12.4. The molecular weight excluding hydrogens is 420 g/mol. The van der Waals surface area contributed by atoms with Crippen molar-refractivity contribution in [3.63, 3.8) is 0 Å². The summed E-state index contributed by atoms with van der Waals surface area (Å²) in [6.07, 6.45) is 3.23. The van der Waals surface area contributed by atoms with Gasteiger partial charge in [-0.2, -0.15) is 0 Å². The summed E-state index contributed by atoms with van der Waals surface area (Å²) in [6, 6.07) is 17.1. The Kier molecular flexibility index (Phi) is 6.88. The van der Waals surface area contributed by atoms with Crippen LogP contribution in [0, 0.1) is 11.8 Å². The van der Waals surface area contributed by atoms with Crippen molar-refractivity contribution >= 4 is 27.3 Å². The number of carbonyl (C=O) groups excluding carboxylic acids is 1. The number of pyridine rings is 1. The normalized spacial score (nSPS) is 10.7. The molecule has 0 fully saturated rings. The predicted octanol–water partition coefficient (Wildman–Crippen LogP) is 3.66. The van der Waals surface area contributed by atoms with Crippen molar-refractivity contribution in [1.82, 2.24) is 10.3 Å². The molecule has 0 aliphatic rings. The highest BCUT2D eigenvalue weighted by Crippen LogP contribution is 2.12. The number of rotatable bonds is 5. The van der Waals surface area contributed by atoms with Crippen molar-refractivity contribution in [3.05, 3.63) is 94.3 Å². The Balaban J connectivity index is 1.61. The molecule has 152 valence electrons. The van der Waals surface area contributed by atoms with Gasteiger partial charge in [-0.25, -0.2) is 13.4 Å². The summed E-state index contributed by atoms with van der Waals surface area (Å²) in [5.41, 5.74) is 2.75. The van der Waals surface area contributed by atoms with E-state index >= 15 is 0 Å². The number of nitrogens with one attached hydrogen (secondary N) is 1. The molecule has 0 atom stereocenters. The lowest BCUT2D eigenvalue weighted by atomic mass is 10.1. The number of hydrogen-bond donors (Lipinski definition) is 1. The van der Waals surface area contributed by atoms with Crippen molar-refractivity contribution in [2.45, 2.75) is 17.9 Å². The number of aromatic nitrogens is 1. The third-order valence-electron chi connectivity index (χ3n) is 4.22. The van der Waals surface area contributed by atoms with Crippen molar-refractivity contribution in [2.75, 3.05) is 6.26 Å². The summed E-state index contributed by atoms with van der Waals surface area (Å²) >= 11 is 5.97. The Morgan fingerprint density at radius 2 is 1.83 bits per heavy atom. The first-order valence-corrected chi connectivity index (χ1v) is 11.3. The van der Waals surface area contributed by atoms with Gasteiger partial charge in [0.2, 0.25) is 0 Å². The lowest BCUT2D eigenvalue weighted by molar-refractivity contribution is 0.0950. The van der Waals surface area contributed by atoms with Gasteiger partial charge in [-0.15, -0.1) is 0 Å². The summed E-state index contributed by atoms with van der Waals surface area (Å²) in [5.74, 6) is 5.73. The average molecular weight is 439 g/mol. The second-order valence-corrected chi connectivity index (χ2v) is 9.09. The summed E-state index contributed by atoms with van der Waals surface area (Å²) in [6.45, 7) is 0.279. The van der Waals surface area contributed by atoms with Gasteiger partial charge >= 0.3 is 0 Å². The minimum atomic E-state index is -3.24. The van der Waals surface area contributed by atoms with Crippen molar-refractivity contribution in [1.29, 1.82) is 0 Å². The third kappa shape index (κ3) is 6.18. The standard InChI is InChI=1S/C23H19ClN2O3S/c1-30(28,29)22-10-8-18(9-11-22)16-26-23(27)19-12-13-25-21(15-19)7-3-5-17-4-2-6-20(24)14-17/h2,4,6,8-15H,5,16H2,1H3,(H,26,27). The molecule has 0 aliphatic carbocycles. The van der Waals surface area contributed by atoms with Crippen LogP contribution in [0.3, 0.4) is 0 Å². The molecule has 3 rings (SSSR count). The van der Waals surface area contributed by atoms with Crippen LogP contribution in [0.1, 0.15) is 27.2 Å². The molecule has 7 heteroatoms. The van der Waals surface area contributed by atoms with E-state index in [-0.39, 0.29) is 17.3 Å². The fraction of sp³-hybridized carbons (Fsp3) is 0.130. The van der Waals surface area contributed by atoms with Gasteiger partial charge in [0.1, 0.15) is 5.69 Å². The van der Waals surface area contributed by atoms with Crippen molar-refractivity contribution in [2.24, 2.45) is 0 Å². The molecule has 0 unspecified atom stereocenters. The minimum absolute atomic E-state index is 0.243. The van der Waals surface area contributed by atoms with Gasteiger partial charge in [-0.3, -0.25) is 4.79 Å². The molecule has 3 aromatic rings. The lowest BCUT2D eigenvalue weighted by Gasteiger charge is -2.06. The molecule has 0 saturated carbocycles. The van der Waals surface area contributed by atoms with Gasteiger partial charge in [-0.1, -0.05) is 41.8 Å². The predicted molar refractivity (Wildman–Crippen MR) is 117 cm³/mol. The SMILES string of the molecule is CS(=O)(=O)c1ccc(CNC(=O)c2ccnc(C#CCc3cccc(Cl)c3)c2)cc1. The van der Waals surface area contributed by atoms with E-state index in [0.717, 1.165) is 17.4 Å². The summed E-state index contributed by atoms with van der Waals surface area (Å²) < 4.78 is 23.0. The quantitative estimate of drug-likeness (QED) is 0.617. The Bertz CT molecular complexity index is 1230. The summed E-state index contributed by atoms with van der Waals surface area (Å²) in [7, 11) is -3.24. The van der Waals surface area contributed by atoms with E-state index in [1.807, 2.05) is 24.3 Å². The van der Waals surface area contributed by atoms with Gasteiger partial charge < -0.3 is 5.32 Å². The van der Waals surface area contributed by atoms with Gasteiger partial charge in [0.05, 0.1) is 4.90 Å². The average Bonchev–Trinajstić information content (AvgIpc) is 2.72. The zero-order chi connectivity index (χ0) is 21.6. The van der Waals surface area contributed by atoms with Crippen LogP contribution in [0.4, 0.5) is 0 Å². The summed E-state index contributed by atoms with van der Waals surface area (Å²) in [5, 5.41) is 3.47. The molecule has 1 aromatic heterocycles. The van der Waals surface area contributed by atoms with E-state index in [0.29, 0.717) is 22.7 Å². The zero-order valence-corrected chi connectivity index (χ0v) is 17.8. The first kappa shape index (κ1) is 21.6. The van der Waals surface area contributed by atoms with Gasteiger partial charge in [-0.05, 0) is 53.4 Å². The molecule has 1 heterocycles. The number of nitrogens with zero attached hydrogens (tertiary/aromatic N) is 1. The first-order chi connectivity index (χ1) is 14.3. The maximum atomic E-state index is 12.4. The second kappa shape index (κ2) is 9.57. The molecule has 1 amide bonds. The van der Waals surface area contributed by atoms with Crippen LogP contribution in [-0.4, -0.2) is 25.6 Å². The van der Waals surface area contributed by atoms with Crippen molar-refractivity contribution in [3.8, 4) is 11.8 Å². The van der Waals surface area contributed by atoms with Crippen LogP contribution in [0.2, 0.25) is 5.02 Å². The molecule has 2 aromatic carbocycles. The van der Waals surface area contributed by atoms with Gasteiger partial charge in [0.15, 0.2) is 9.84 Å². The highest BCUT2D eigenvalue weighted by molar-refractivity contribution is 7.90. The Labute approximate surface area is 181 Å². The van der Waals surface area contributed by atoms with Crippen LogP contribution in [0.15, 0.2) is 71.8 Å². The highest BCUT2D eigenvalue weighted by atomic mass is 35.5. The van der Waals surface area contributed by atoms with Crippen LogP contribution in [0.25, 0.3) is 0 Å². The molecule has 0 aliphatic heterocycles. The fourth-order valence-electron chi connectivity index (χ4n) is 2.66. The molecule has 1 N–H and O–H groups in total. The van der Waals surface area contributed by atoms with E-state index in [2.05, 4.69) is 22.1 Å². The Morgan fingerprint density at radius 1 is 1.07 bits per heavy atom. The number of amides is 1. The van der Waals surface area contributed by atoms with Gasteiger partial charge in [0.25, 0.3) is 5.91 Å². The van der Waals surface area contributed by atoms with Crippen LogP contribution in [-0.2, 0) is 22.8 Å². The van der Waals surface area contributed by atoms with E-state index in [4.69, 9.17) is 11.6 Å². The van der Waals surface area contributed by atoms with E-state index < -0.39 is 9.84 Å². The van der Waals surface area contributed by atoms with Crippen LogP contribution in [0.5, 0.6) is 0 Å². The number of sulfone groups is 1. The lowest BCUT2D eigenvalue weighted by Crippen LogP contribution is -2.23. The Morgan fingerprint density at radius 3 is 2.53 bits per heavy atom. The topological polar surface area (TPSA) is 76.1 Å². The molecule has 30 heavy (non-hydrogen) atoms. The van der Waals surface area contributed by atoms with Gasteiger partial charge in [0, 0.05) is 36.0 Å². The number of carbonyl (C=O) groups is 1. The fourth-order valence-corrected chi connectivity index (χ4v) is 3.51. The summed E-state index contributed by atoms with van der Waals surface area (Å²) in [4.78, 5) is 16.9. The number of benzene rings is 2. The first-order valence-electron chi connectivity index (χ1n) is 9.08. The van der Waals surface area contributed by atoms with Crippen LogP contribution >= 0.6 is 11.6 Å². The molecule has 5 nitrogen and oxygen atoms in total. The third-order valence-corrected chi connectivity index (χ3v) is 5.59. The molecule has 0 spiro atoms. The number of halogens is 1. The highest BCUT2D eigenvalue weighted by Gasteiger charge is 2.08. The largest absolute Gasteiger partial charge is 0.348 e. The monoisotopic (exact) mass is 438 g/mol. The maximum Gasteiger partial charge on any atom is 0.251 e. The minimum Gasteiger partial charge on any atom is -0.348 e. The molecule has 0 bridgehead atoms. The second-order valence-electron chi connectivity index (χ2n) is 6.64. The smallest absolute Gasteiger partial charge is 0.251 e. The van der Waals surface area contributed by atoms with Crippen LogP contribution < -0.4 is 5.32 Å². The molecular formula is C23H19ClN2O3S.